The Morgan fingerprint density at radius 3 is 2.30 bits per heavy atom. The fourth-order valence-electron chi connectivity index (χ4n) is 2.84. The van der Waals surface area contributed by atoms with E-state index in [4.69, 9.17) is 15.2 Å². The van der Waals surface area contributed by atoms with Crippen molar-refractivity contribution in [3.05, 3.63) is 23.8 Å². The highest BCUT2D eigenvalue weighted by Crippen LogP contribution is 2.30. The summed E-state index contributed by atoms with van der Waals surface area (Å²) in [6, 6.07) is 6.34. The number of piperidine rings is 1. The minimum Gasteiger partial charge on any atom is -0.497 e. The summed E-state index contributed by atoms with van der Waals surface area (Å²) in [5.41, 5.74) is 7.58. The van der Waals surface area contributed by atoms with Gasteiger partial charge in [-0.2, -0.15) is 0 Å². The molecule has 1 heterocycles. The zero-order chi connectivity index (χ0) is 14.8. The molecule has 0 aromatic heterocycles. The Hall–Kier alpha value is -1.26. The van der Waals surface area contributed by atoms with Crippen LogP contribution in [0.3, 0.4) is 0 Å². The standard InChI is InChI=1S/C16H26N2O2/c1-16(2)11-18(6-5-15(16)17)10-12-7-13(19-3)9-14(8-12)20-4/h7-9,15H,5-6,10-11,17H2,1-4H3. The van der Waals surface area contributed by atoms with Crippen LogP contribution in [0.1, 0.15) is 25.8 Å². The number of hydrogen-bond donors (Lipinski definition) is 1. The van der Waals surface area contributed by atoms with Crippen molar-refractivity contribution in [3.8, 4) is 11.5 Å². The van der Waals surface area contributed by atoms with Crippen molar-refractivity contribution in [2.45, 2.75) is 32.9 Å². The summed E-state index contributed by atoms with van der Waals surface area (Å²) >= 11 is 0. The van der Waals surface area contributed by atoms with Crippen LogP contribution in [0.15, 0.2) is 18.2 Å². The molecule has 0 aliphatic carbocycles. The number of methoxy groups -OCH3 is 2. The van der Waals surface area contributed by atoms with Gasteiger partial charge < -0.3 is 15.2 Å². The molecule has 112 valence electrons. The molecule has 2 rings (SSSR count). The van der Waals surface area contributed by atoms with Gasteiger partial charge in [-0.05, 0) is 29.5 Å². The fourth-order valence-corrected chi connectivity index (χ4v) is 2.84. The highest BCUT2D eigenvalue weighted by atomic mass is 16.5. The van der Waals surface area contributed by atoms with E-state index in [1.807, 2.05) is 6.07 Å². The van der Waals surface area contributed by atoms with Crippen molar-refractivity contribution in [3.63, 3.8) is 0 Å². The lowest BCUT2D eigenvalue weighted by Crippen LogP contribution is -2.52. The van der Waals surface area contributed by atoms with Crippen LogP contribution in [0.5, 0.6) is 11.5 Å². The van der Waals surface area contributed by atoms with Gasteiger partial charge in [-0.3, -0.25) is 4.90 Å². The van der Waals surface area contributed by atoms with Crippen LogP contribution in [-0.4, -0.2) is 38.3 Å². The molecule has 4 nitrogen and oxygen atoms in total. The quantitative estimate of drug-likeness (QED) is 0.918. The molecule has 0 spiro atoms. The van der Waals surface area contributed by atoms with E-state index in [-0.39, 0.29) is 5.41 Å². The highest BCUT2D eigenvalue weighted by Gasteiger charge is 2.33. The molecule has 1 fully saturated rings. The Balaban J connectivity index is 2.10. The van der Waals surface area contributed by atoms with Gasteiger partial charge in [0.05, 0.1) is 14.2 Å². The van der Waals surface area contributed by atoms with Gasteiger partial charge in [0.15, 0.2) is 0 Å². The van der Waals surface area contributed by atoms with Crippen LogP contribution < -0.4 is 15.2 Å². The molecule has 1 unspecified atom stereocenters. The Morgan fingerprint density at radius 1 is 1.20 bits per heavy atom. The number of likely N-dealkylation sites (tertiary alicyclic amines) is 1. The molecule has 1 saturated heterocycles. The number of rotatable bonds is 4. The van der Waals surface area contributed by atoms with Crippen molar-refractivity contribution in [2.24, 2.45) is 11.1 Å². The van der Waals surface area contributed by atoms with Gasteiger partial charge in [-0.25, -0.2) is 0 Å². The molecule has 1 aromatic carbocycles. The maximum absolute atomic E-state index is 6.19. The second kappa shape index (κ2) is 6.02. The SMILES string of the molecule is COc1cc(CN2CCC(N)C(C)(C)C2)cc(OC)c1. The van der Waals surface area contributed by atoms with Crippen LogP contribution in [0.2, 0.25) is 0 Å². The van der Waals surface area contributed by atoms with Crippen LogP contribution >= 0.6 is 0 Å². The zero-order valence-corrected chi connectivity index (χ0v) is 13.0. The van der Waals surface area contributed by atoms with Gasteiger partial charge in [0, 0.05) is 31.7 Å². The normalized spacial score (nSPS) is 22.6. The summed E-state index contributed by atoms with van der Waals surface area (Å²) in [7, 11) is 3.36. The molecule has 0 radical (unpaired) electrons. The van der Waals surface area contributed by atoms with E-state index < -0.39 is 0 Å². The first kappa shape index (κ1) is 15.1. The first-order valence-corrected chi connectivity index (χ1v) is 7.14. The molecule has 1 aliphatic rings. The molecule has 0 saturated carbocycles. The van der Waals surface area contributed by atoms with Gasteiger partial charge in [0.25, 0.3) is 0 Å². The minimum absolute atomic E-state index is 0.168. The van der Waals surface area contributed by atoms with Gasteiger partial charge >= 0.3 is 0 Å². The number of nitrogens with two attached hydrogens (primary N) is 1. The number of nitrogens with zero attached hydrogens (tertiary/aromatic N) is 1. The molecule has 1 atom stereocenters. The first-order valence-electron chi connectivity index (χ1n) is 7.14. The van der Waals surface area contributed by atoms with Crippen molar-refractivity contribution < 1.29 is 9.47 Å². The van der Waals surface area contributed by atoms with Crippen LogP contribution in [-0.2, 0) is 6.54 Å². The number of benzene rings is 1. The zero-order valence-electron chi connectivity index (χ0n) is 13.0. The Kier molecular flexibility index (Phi) is 4.55. The summed E-state index contributed by atoms with van der Waals surface area (Å²) in [6.45, 7) is 7.47. The molecule has 1 aromatic rings. The summed E-state index contributed by atoms with van der Waals surface area (Å²) in [5, 5.41) is 0. The van der Waals surface area contributed by atoms with E-state index in [0.717, 1.165) is 37.6 Å². The van der Waals surface area contributed by atoms with Crippen molar-refractivity contribution >= 4 is 0 Å². The lowest BCUT2D eigenvalue weighted by molar-refractivity contribution is 0.0898. The maximum Gasteiger partial charge on any atom is 0.122 e. The van der Waals surface area contributed by atoms with Crippen LogP contribution in [0.4, 0.5) is 0 Å². The lowest BCUT2D eigenvalue weighted by atomic mass is 9.79. The predicted molar refractivity (Wildman–Crippen MR) is 81.2 cm³/mol. The summed E-state index contributed by atoms with van der Waals surface area (Å²) < 4.78 is 10.7. The molecular weight excluding hydrogens is 252 g/mol. The third-order valence-electron chi connectivity index (χ3n) is 4.21. The van der Waals surface area contributed by atoms with Crippen LogP contribution in [0.25, 0.3) is 0 Å². The van der Waals surface area contributed by atoms with Crippen molar-refractivity contribution in [2.75, 3.05) is 27.3 Å². The summed E-state index contributed by atoms with van der Waals surface area (Å²) in [6.07, 6.45) is 1.05. The smallest absolute Gasteiger partial charge is 0.122 e. The molecule has 20 heavy (non-hydrogen) atoms. The average molecular weight is 278 g/mol. The van der Waals surface area contributed by atoms with Gasteiger partial charge in [-0.1, -0.05) is 13.8 Å². The Labute approximate surface area is 121 Å². The summed E-state index contributed by atoms with van der Waals surface area (Å²) in [5.74, 6) is 1.68. The Morgan fingerprint density at radius 2 is 1.80 bits per heavy atom. The highest BCUT2D eigenvalue weighted by molar-refractivity contribution is 5.38. The molecule has 1 aliphatic heterocycles. The van der Waals surface area contributed by atoms with E-state index >= 15 is 0 Å². The monoisotopic (exact) mass is 278 g/mol. The van der Waals surface area contributed by atoms with E-state index in [0.29, 0.717) is 6.04 Å². The third-order valence-corrected chi connectivity index (χ3v) is 4.21. The van der Waals surface area contributed by atoms with Crippen molar-refractivity contribution in [1.82, 2.24) is 4.90 Å². The van der Waals surface area contributed by atoms with Crippen molar-refractivity contribution in [1.29, 1.82) is 0 Å². The second-order valence-corrected chi connectivity index (χ2v) is 6.32. The maximum atomic E-state index is 6.19. The fraction of sp³-hybridized carbons (Fsp3) is 0.625. The minimum atomic E-state index is 0.168. The van der Waals surface area contributed by atoms with E-state index in [9.17, 15) is 0 Å². The first-order chi connectivity index (χ1) is 9.44. The van der Waals surface area contributed by atoms with Gasteiger partial charge in [-0.15, -0.1) is 0 Å². The predicted octanol–water partition coefficient (Wildman–Crippen LogP) is 2.26. The average Bonchev–Trinajstić information content (AvgIpc) is 2.42. The van der Waals surface area contributed by atoms with E-state index in [1.165, 1.54) is 5.56 Å². The lowest BCUT2D eigenvalue weighted by Gasteiger charge is -2.42. The topological polar surface area (TPSA) is 47.7 Å². The molecular formula is C16H26N2O2. The van der Waals surface area contributed by atoms with Gasteiger partial charge in [0.2, 0.25) is 0 Å². The Bertz CT molecular complexity index is 438. The third kappa shape index (κ3) is 3.44. The molecule has 4 heteroatoms. The van der Waals surface area contributed by atoms with Crippen LogP contribution in [0, 0.1) is 5.41 Å². The molecule has 0 amide bonds. The summed E-state index contributed by atoms with van der Waals surface area (Å²) in [4.78, 5) is 2.46. The van der Waals surface area contributed by atoms with Gasteiger partial charge in [0.1, 0.15) is 11.5 Å². The van der Waals surface area contributed by atoms with E-state index in [1.54, 1.807) is 14.2 Å². The van der Waals surface area contributed by atoms with E-state index in [2.05, 4.69) is 30.9 Å². The molecule has 0 bridgehead atoms. The largest absolute Gasteiger partial charge is 0.497 e. The molecule has 2 N–H and O–H groups in total. The number of ether oxygens (including phenoxy) is 2. The second-order valence-electron chi connectivity index (χ2n) is 6.32. The number of hydrogen-bond acceptors (Lipinski definition) is 4.